The molecule has 1 N–H and O–H groups in total. The molecule has 0 saturated heterocycles. The van der Waals surface area contributed by atoms with Crippen molar-refractivity contribution in [3.05, 3.63) is 63.1 Å². The van der Waals surface area contributed by atoms with Crippen LogP contribution in [-0.4, -0.2) is 10.9 Å². The lowest BCUT2D eigenvalue weighted by Crippen LogP contribution is -2.29. The molecule has 102 valence electrons. The molecule has 1 atom stereocenters. The van der Waals surface area contributed by atoms with Crippen LogP contribution < -0.4 is 0 Å². The van der Waals surface area contributed by atoms with E-state index in [-0.39, 0.29) is 21.6 Å². The van der Waals surface area contributed by atoms with E-state index in [2.05, 4.69) is 0 Å². The zero-order valence-corrected chi connectivity index (χ0v) is 12.3. The van der Waals surface area contributed by atoms with Gasteiger partial charge < -0.3 is 5.11 Å². The minimum Gasteiger partial charge on any atom is -0.506 e. The number of benzene rings is 2. The summed E-state index contributed by atoms with van der Waals surface area (Å²) in [5.74, 6) is -0.133. The molecule has 0 spiro atoms. The second kappa shape index (κ2) is 4.51. The van der Waals surface area contributed by atoms with E-state index in [1.165, 1.54) is 6.07 Å². The minimum atomic E-state index is -0.662. The average molecular weight is 307 g/mol. The molecule has 2 nitrogen and oxygen atoms in total. The number of phenolic OH excluding ortho intramolecular Hbond substituents is 1. The van der Waals surface area contributed by atoms with E-state index in [1.54, 1.807) is 0 Å². The SMILES string of the molecule is C[C@@]1(c2ccccc2)Cc2cc(O)c(Cl)c(Cl)c2C1=O. The maximum Gasteiger partial charge on any atom is 0.175 e. The number of hydrogen-bond acceptors (Lipinski definition) is 2. The van der Waals surface area contributed by atoms with Gasteiger partial charge in [-0.2, -0.15) is 0 Å². The summed E-state index contributed by atoms with van der Waals surface area (Å²) in [5, 5.41) is 9.95. The van der Waals surface area contributed by atoms with Crippen LogP contribution in [0.15, 0.2) is 36.4 Å². The van der Waals surface area contributed by atoms with Crippen LogP contribution in [0.5, 0.6) is 5.75 Å². The molecule has 2 aromatic carbocycles. The lowest BCUT2D eigenvalue weighted by molar-refractivity contribution is 0.0915. The van der Waals surface area contributed by atoms with Crippen LogP contribution >= 0.6 is 23.2 Å². The normalized spacial score (nSPS) is 21.1. The fourth-order valence-corrected chi connectivity index (χ4v) is 3.28. The smallest absolute Gasteiger partial charge is 0.175 e. The van der Waals surface area contributed by atoms with Crippen molar-refractivity contribution in [2.75, 3.05) is 0 Å². The topological polar surface area (TPSA) is 37.3 Å². The molecule has 0 saturated carbocycles. The van der Waals surface area contributed by atoms with Crippen molar-refractivity contribution in [3.63, 3.8) is 0 Å². The summed E-state index contributed by atoms with van der Waals surface area (Å²) in [6.45, 7) is 1.89. The second-order valence-corrected chi connectivity index (χ2v) is 6.02. The van der Waals surface area contributed by atoms with Gasteiger partial charge in [0.1, 0.15) is 10.8 Å². The van der Waals surface area contributed by atoms with Crippen LogP contribution in [-0.2, 0) is 11.8 Å². The molecule has 0 aromatic heterocycles. The summed E-state index contributed by atoms with van der Waals surface area (Å²) < 4.78 is 0. The van der Waals surface area contributed by atoms with E-state index < -0.39 is 5.41 Å². The zero-order chi connectivity index (χ0) is 14.5. The highest BCUT2D eigenvalue weighted by Crippen LogP contribution is 2.46. The molecule has 0 aliphatic heterocycles. The molecule has 2 aromatic rings. The first-order valence-corrected chi connectivity index (χ1v) is 7.01. The third-order valence-corrected chi connectivity index (χ3v) is 4.81. The Bertz CT molecular complexity index is 710. The molecule has 0 unspecified atom stereocenters. The number of Topliss-reactive ketones (excluding diaryl/α,β-unsaturated/α-hetero) is 1. The lowest BCUT2D eigenvalue weighted by atomic mass is 9.79. The molecule has 0 amide bonds. The van der Waals surface area contributed by atoms with Crippen molar-refractivity contribution in [2.45, 2.75) is 18.8 Å². The van der Waals surface area contributed by atoms with Crippen molar-refractivity contribution >= 4 is 29.0 Å². The monoisotopic (exact) mass is 306 g/mol. The Morgan fingerprint density at radius 3 is 2.45 bits per heavy atom. The van der Waals surface area contributed by atoms with E-state index in [4.69, 9.17) is 23.2 Å². The maximum atomic E-state index is 12.8. The largest absolute Gasteiger partial charge is 0.506 e. The fourth-order valence-electron chi connectivity index (χ4n) is 2.82. The van der Waals surface area contributed by atoms with Gasteiger partial charge in [-0.3, -0.25) is 4.79 Å². The van der Waals surface area contributed by atoms with Crippen LogP contribution in [0.25, 0.3) is 0 Å². The molecule has 20 heavy (non-hydrogen) atoms. The summed E-state index contributed by atoms with van der Waals surface area (Å²) in [7, 11) is 0. The van der Waals surface area contributed by atoms with Gasteiger partial charge in [0.15, 0.2) is 5.78 Å². The van der Waals surface area contributed by atoms with Gasteiger partial charge in [0.25, 0.3) is 0 Å². The Morgan fingerprint density at radius 2 is 1.80 bits per heavy atom. The van der Waals surface area contributed by atoms with Crippen molar-refractivity contribution in [2.24, 2.45) is 0 Å². The molecule has 1 aliphatic rings. The molecule has 0 fully saturated rings. The minimum absolute atomic E-state index is 0.0380. The van der Waals surface area contributed by atoms with Gasteiger partial charge in [0.05, 0.1) is 10.4 Å². The van der Waals surface area contributed by atoms with Crippen LogP contribution in [0.3, 0.4) is 0 Å². The molecular weight excluding hydrogens is 295 g/mol. The molecule has 0 heterocycles. The number of aromatic hydroxyl groups is 1. The van der Waals surface area contributed by atoms with Gasteiger partial charge in [-0.15, -0.1) is 0 Å². The Hall–Kier alpha value is -1.51. The van der Waals surface area contributed by atoms with Crippen LogP contribution in [0, 0.1) is 0 Å². The predicted octanol–water partition coefficient (Wildman–Crippen LogP) is 4.40. The number of halogens is 2. The van der Waals surface area contributed by atoms with E-state index in [1.807, 2.05) is 37.3 Å². The van der Waals surface area contributed by atoms with Crippen molar-refractivity contribution in [3.8, 4) is 5.75 Å². The third kappa shape index (κ3) is 1.75. The standard InChI is InChI=1S/C16H12Cl2O2/c1-16(10-5-3-2-4-6-10)8-9-7-11(19)13(17)14(18)12(9)15(16)20/h2-7,19H,8H2,1H3/t16-/m0/s1. The number of carbonyl (C=O) groups excluding carboxylic acids is 1. The first-order chi connectivity index (χ1) is 9.45. The van der Waals surface area contributed by atoms with Crippen LogP contribution in [0.1, 0.15) is 28.4 Å². The Labute approximate surface area is 127 Å². The van der Waals surface area contributed by atoms with Gasteiger partial charge in [-0.1, -0.05) is 53.5 Å². The summed E-state index contributed by atoms with van der Waals surface area (Å²) in [6.07, 6.45) is 0.510. The molecule has 0 radical (unpaired) electrons. The Morgan fingerprint density at radius 1 is 1.15 bits per heavy atom. The fraction of sp³-hybridized carbons (Fsp3) is 0.188. The van der Waals surface area contributed by atoms with Gasteiger partial charge in [-0.25, -0.2) is 0 Å². The Balaban J connectivity index is 2.19. The van der Waals surface area contributed by atoms with E-state index in [9.17, 15) is 9.90 Å². The molecule has 1 aliphatic carbocycles. The summed E-state index contributed by atoms with van der Waals surface area (Å²) in [4.78, 5) is 12.8. The van der Waals surface area contributed by atoms with E-state index in [0.29, 0.717) is 12.0 Å². The summed E-state index contributed by atoms with van der Waals surface area (Å²) in [5.41, 5.74) is 1.45. The zero-order valence-electron chi connectivity index (χ0n) is 10.8. The Kier molecular flexibility index (Phi) is 3.03. The first-order valence-electron chi connectivity index (χ1n) is 6.25. The molecular formula is C16H12Cl2O2. The number of phenols is 1. The highest BCUT2D eigenvalue weighted by Gasteiger charge is 2.44. The second-order valence-electron chi connectivity index (χ2n) is 5.26. The molecule has 3 rings (SSSR count). The molecule has 4 heteroatoms. The van der Waals surface area contributed by atoms with Gasteiger partial charge >= 0.3 is 0 Å². The number of hydrogen-bond donors (Lipinski definition) is 1. The highest BCUT2D eigenvalue weighted by atomic mass is 35.5. The summed E-state index contributed by atoms with van der Waals surface area (Å²) in [6, 6.07) is 11.1. The van der Waals surface area contributed by atoms with E-state index >= 15 is 0 Å². The maximum absolute atomic E-state index is 12.8. The van der Waals surface area contributed by atoms with Crippen molar-refractivity contribution in [1.29, 1.82) is 0 Å². The van der Waals surface area contributed by atoms with Gasteiger partial charge in [0, 0.05) is 5.56 Å². The summed E-state index contributed by atoms with van der Waals surface area (Å²) >= 11 is 12.1. The number of carbonyl (C=O) groups is 1. The number of rotatable bonds is 1. The third-order valence-electron chi connectivity index (χ3n) is 3.95. The van der Waals surface area contributed by atoms with Gasteiger partial charge in [-0.05, 0) is 30.5 Å². The lowest BCUT2D eigenvalue weighted by Gasteiger charge is -2.22. The predicted molar refractivity (Wildman–Crippen MR) is 80.0 cm³/mol. The highest BCUT2D eigenvalue weighted by molar-refractivity contribution is 6.45. The van der Waals surface area contributed by atoms with Crippen molar-refractivity contribution < 1.29 is 9.90 Å². The number of fused-ring (bicyclic) bond motifs is 1. The average Bonchev–Trinajstić information content (AvgIpc) is 2.70. The quantitative estimate of drug-likeness (QED) is 0.848. The van der Waals surface area contributed by atoms with Gasteiger partial charge in [0.2, 0.25) is 0 Å². The first kappa shape index (κ1) is 13.5. The molecule has 0 bridgehead atoms. The number of ketones is 1. The van der Waals surface area contributed by atoms with Crippen LogP contribution in [0.4, 0.5) is 0 Å². The van der Waals surface area contributed by atoms with E-state index in [0.717, 1.165) is 11.1 Å². The van der Waals surface area contributed by atoms with Crippen LogP contribution in [0.2, 0.25) is 10.0 Å². The van der Waals surface area contributed by atoms with Crippen molar-refractivity contribution in [1.82, 2.24) is 0 Å².